The van der Waals surface area contributed by atoms with E-state index < -0.39 is 85.3 Å². The maximum atomic E-state index is 12.7. The van der Waals surface area contributed by atoms with E-state index in [1.165, 1.54) is 31.9 Å². The van der Waals surface area contributed by atoms with Gasteiger partial charge in [-0.1, -0.05) is 26.9 Å². The van der Waals surface area contributed by atoms with Gasteiger partial charge in [-0.3, -0.25) is 20.4 Å². The monoisotopic (exact) mass is 1050 g/mol. The number of aromatic nitrogens is 3. The number of amides is 2. The minimum atomic E-state index is -4.61. The number of nitro benzene ring substituents is 1. The van der Waals surface area contributed by atoms with Crippen molar-refractivity contribution in [3.05, 3.63) is 104 Å². The number of alkyl halides is 3. The number of halogens is 5. The molecular formula is C38H36Cl2F3N7O17S2. The number of carbonyl (C=O) groups excluding carboxylic acids is 3. The van der Waals surface area contributed by atoms with Crippen LogP contribution in [0.25, 0.3) is 10.9 Å². The Kier molecular flexibility index (Phi) is 20.0. The van der Waals surface area contributed by atoms with Gasteiger partial charge in [-0.15, -0.1) is 0 Å². The van der Waals surface area contributed by atoms with Gasteiger partial charge in [-0.25, -0.2) is 32.3 Å². The number of rotatable bonds is 16. The van der Waals surface area contributed by atoms with Gasteiger partial charge in [0, 0.05) is 30.8 Å². The van der Waals surface area contributed by atoms with Crippen LogP contribution in [0.3, 0.4) is 0 Å². The summed E-state index contributed by atoms with van der Waals surface area (Å²) in [5.74, 6) is -3.16. The highest BCUT2D eigenvalue weighted by atomic mass is 35.5. The molecule has 5 rings (SSSR count). The first-order valence-electron chi connectivity index (χ1n) is 18.5. The average molecular weight is 1050 g/mol. The molecule has 0 radical (unpaired) electrons. The van der Waals surface area contributed by atoms with E-state index in [0.717, 1.165) is 42.8 Å². The molecule has 0 saturated heterocycles. The van der Waals surface area contributed by atoms with Crippen molar-refractivity contribution in [1.29, 1.82) is 0 Å². The number of nitrogens with zero attached hydrogens (tertiary/aromatic N) is 5. The van der Waals surface area contributed by atoms with E-state index >= 15 is 0 Å². The largest absolute Gasteiger partial charge is 0.481 e. The van der Waals surface area contributed by atoms with E-state index in [2.05, 4.69) is 19.7 Å². The molecule has 24 nitrogen and oxygen atoms in total. The lowest BCUT2D eigenvalue weighted by Gasteiger charge is -2.15. The lowest BCUT2D eigenvalue weighted by molar-refractivity contribution is -0.385. The number of benzene rings is 3. The van der Waals surface area contributed by atoms with E-state index in [0.29, 0.717) is 28.6 Å². The molecule has 0 spiro atoms. The fourth-order valence-electron chi connectivity index (χ4n) is 4.72. The Hall–Kier alpha value is -7.34. The third-order valence-electron chi connectivity index (χ3n) is 7.88. The van der Waals surface area contributed by atoms with Crippen LogP contribution in [0.1, 0.15) is 22.8 Å². The summed E-state index contributed by atoms with van der Waals surface area (Å²) in [6.45, 7) is 0.429. The molecule has 0 aliphatic rings. The van der Waals surface area contributed by atoms with Crippen molar-refractivity contribution in [3.63, 3.8) is 0 Å². The number of ether oxygens (including phenoxy) is 6. The molecule has 5 aromatic rings. The van der Waals surface area contributed by atoms with Crippen LogP contribution >= 0.6 is 23.2 Å². The number of carbonyl (C=O) groups is 4. The minimum Gasteiger partial charge on any atom is -0.481 e. The molecule has 2 aromatic heterocycles. The van der Waals surface area contributed by atoms with Gasteiger partial charge in [0.15, 0.2) is 13.2 Å². The standard InChI is InChI=1S/C18H13ClF3NO7.C11H8ClNO3.C9H15N5O7S2/c1-2-28-16(24)9-29-17(25)12-8-11(4-5-14(12)23(26)27)30-15-6-3-10(7-13(15)19)18(20,21)22;12-8-3-4-9(16-6-10(14)15)11-7(8)2-1-5-13-11;1-14(22(4,16)17)23(18,19)13-9(15)12-8-10-6(20-2)5-7(11-8)21-3/h3-8H,2,9H2,1H3;1-5H,6H2,(H,14,15);5H,1-4H3,(H2,10,11,12,13,15). The van der Waals surface area contributed by atoms with E-state index in [1.807, 2.05) is 5.32 Å². The van der Waals surface area contributed by atoms with Crippen LogP contribution in [-0.2, 0) is 45.5 Å². The second-order valence-corrected chi connectivity index (χ2v) is 17.4. The van der Waals surface area contributed by atoms with Crippen molar-refractivity contribution < 1.29 is 87.6 Å². The molecule has 0 fully saturated rings. The van der Waals surface area contributed by atoms with Crippen LogP contribution in [0.4, 0.5) is 29.6 Å². The molecule has 0 bridgehead atoms. The van der Waals surface area contributed by atoms with Crippen LogP contribution in [0.2, 0.25) is 10.0 Å². The van der Waals surface area contributed by atoms with Gasteiger partial charge in [0.1, 0.15) is 28.3 Å². The Bertz CT molecular complexity index is 2910. The van der Waals surface area contributed by atoms with E-state index in [-0.39, 0.29) is 44.5 Å². The molecular weight excluding hydrogens is 1020 g/mol. The van der Waals surface area contributed by atoms with Crippen molar-refractivity contribution >= 4 is 89.9 Å². The zero-order valence-corrected chi connectivity index (χ0v) is 39.1. The van der Waals surface area contributed by atoms with Crippen LogP contribution in [0.15, 0.2) is 72.9 Å². The number of sulfonamides is 1. The lowest BCUT2D eigenvalue weighted by Crippen LogP contribution is -2.45. The first-order chi connectivity index (χ1) is 32.2. The number of pyridine rings is 1. The van der Waals surface area contributed by atoms with Crippen LogP contribution in [-0.4, -0.2) is 117 Å². The molecule has 69 heavy (non-hydrogen) atoms. The molecule has 0 saturated carbocycles. The number of fused-ring (bicyclic) bond motifs is 1. The normalized spacial score (nSPS) is 11.1. The number of esters is 2. The predicted octanol–water partition coefficient (Wildman–Crippen LogP) is 5.88. The molecule has 372 valence electrons. The third-order valence-corrected chi connectivity index (χ3v) is 12.0. The highest BCUT2D eigenvalue weighted by molar-refractivity contribution is 8.03. The van der Waals surface area contributed by atoms with Crippen LogP contribution in [0, 0.1) is 10.1 Å². The summed E-state index contributed by atoms with van der Waals surface area (Å²) in [7, 11) is -5.27. The number of hydrogen-bond donors (Lipinski definition) is 3. The third kappa shape index (κ3) is 17.0. The molecule has 2 heterocycles. The van der Waals surface area contributed by atoms with Crippen LogP contribution in [0.5, 0.6) is 29.0 Å². The van der Waals surface area contributed by atoms with Gasteiger partial charge < -0.3 is 33.5 Å². The van der Waals surface area contributed by atoms with Crippen molar-refractivity contribution in [2.24, 2.45) is 0 Å². The number of carboxylic acids is 1. The molecule has 3 aromatic carbocycles. The lowest BCUT2D eigenvalue weighted by atomic mass is 10.1. The molecule has 0 atom stereocenters. The Morgan fingerprint density at radius 1 is 0.884 bits per heavy atom. The van der Waals surface area contributed by atoms with E-state index in [4.69, 9.17) is 52.0 Å². The van der Waals surface area contributed by atoms with Gasteiger partial charge in [-0.05, 0) is 55.5 Å². The molecule has 31 heteroatoms. The number of methoxy groups -OCH3 is 2. The fourth-order valence-corrected chi connectivity index (χ4v) is 7.10. The zero-order valence-electron chi connectivity index (χ0n) is 36.0. The van der Waals surface area contributed by atoms with Crippen molar-refractivity contribution in [3.8, 4) is 29.0 Å². The summed E-state index contributed by atoms with van der Waals surface area (Å²) >= 11 is 11.8. The number of carboxylic acid groups (broad SMARTS) is 1. The molecule has 0 aliphatic carbocycles. The van der Waals surface area contributed by atoms with Gasteiger partial charge in [0.05, 0.1) is 53.7 Å². The highest BCUT2D eigenvalue weighted by Crippen LogP contribution is 2.37. The van der Waals surface area contributed by atoms with Gasteiger partial charge >= 0.3 is 40.3 Å². The quantitative estimate of drug-likeness (QED) is 0.0590. The van der Waals surface area contributed by atoms with Crippen LogP contribution < -0.4 is 29.0 Å². The van der Waals surface area contributed by atoms with E-state index in [1.54, 1.807) is 30.5 Å². The SMILES string of the molecule is CCOC(=O)COC(=O)c1cc(Oc2ccc(C(F)(F)F)cc2Cl)ccc1[N+](=O)[O-].COc1cc(OC)nc(NC(=O)NS(=O)(=O)N(C)S(C)(=O)=O)n1.O=C(O)COc1ccc(Cl)c2cccnc12. The second-order valence-electron chi connectivity index (χ2n) is 12.7. The first-order valence-corrected chi connectivity index (χ1v) is 22.5. The van der Waals surface area contributed by atoms with Gasteiger partial charge in [0.25, 0.3) is 5.69 Å². The number of hydrogen-bond acceptors (Lipinski definition) is 19. The molecule has 3 N–H and O–H groups in total. The second kappa shape index (κ2) is 24.6. The Morgan fingerprint density at radius 3 is 2.07 bits per heavy atom. The number of nitrogens with one attached hydrogen (secondary N) is 2. The first kappa shape index (κ1) is 56.0. The molecule has 0 aliphatic heterocycles. The summed E-state index contributed by atoms with van der Waals surface area (Å²) in [6.07, 6.45) is -2.34. The average Bonchev–Trinajstić information content (AvgIpc) is 3.27. The van der Waals surface area contributed by atoms with Gasteiger partial charge in [-0.2, -0.15) is 31.6 Å². The number of aliphatic carboxylic acids is 1. The highest BCUT2D eigenvalue weighted by Gasteiger charge is 2.32. The minimum absolute atomic E-state index is 0.00654. The maximum absolute atomic E-state index is 12.7. The topological polar surface area (TPSA) is 321 Å². The maximum Gasteiger partial charge on any atom is 0.416 e. The number of nitro groups is 1. The van der Waals surface area contributed by atoms with Gasteiger partial charge in [0.2, 0.25) is 27.7 Å². The Balaban J connectivity index is 0.000000287. The molecule has 0 unspecified atom stereocenters. The summed E-state index contributed by atoms with van der Waals surface area (Å²) in [5.41, 5.74) is -1.59. The molecule has 2 amide bonds. The Morgan fingerprint density at radius 2 is 1.52 bits per heavy atom. The van der Waals surface area contributed by atoms with Crippen molar-refractivity contribution in [2.45, 2.75) is 13.1 Å². The summed E-state index contributed by atoms with van der Waals surface area (Å²) in [4.78, 5) is 67.5. The summed E-state index contributed by atoms with van der Waals surface area (Å²) in [6, 6.07) is 12.2. The fraction of sp³-hybridized carbons (Fsp3) is 0.237. The van der Waals surface area contributed by atoms with E-state index in [9.17, 15) is 59.3 Å². The predicted molar refractivity (Wildman–Crippen MR) is 235 cm³/mol. The van der Waals surface area contributed by atoms with Crippen molar-refractivity contribution in [2.75, 3.05) is 52.7 Å². The summed E-state index contributed by atoms with van der Waals surface area (Å²) in [5, 5.41) is 22.6. The number of urea groups is 1. The smallest absolute Gasteiger partial charge is 0.416 e. The Labute approximate surface area is 398 Å². The zero-order chi connectivity index (χ0) is 51.9. The van der Waals surface area contributed by atoms with Crippen molar-refractivity contribution in [1.82, 2.24) is 23.4 Å². The number of anilines is 1. The summed E-state index contributed by atoms with van der Waals surface area (Å²) < 4.78 is 115.